The minimum atomic E-state index is -0.464. The van der Waals surface area contributed by atoms with E-state index in [4.69, 9.17) is 28.8 Å². The molecular formula is C10H18Cl2N6O. The minimum absolute atomic E-state index is 0. The van der Waals surface area contributed by atoms with Crippen LogP contribution in [0.15, 0.2) is 0 Å². The van der Waals surface area contributed by atoms with Crippen LogP contribution in [0.25, 0.3) is 0 Å². The molecule has 1 atom stereocenters. The second kappa shape index (κ2) is 7.98. The Hall–Kier alpha value is -1.31. The summed E-state index contributed by atoms with van der Waals surface area (Å²) in [5, 5.41) is 2.58. The Morgan fingerprint density at radius 3 is 2.58 bits per heavy atom. The zero-order chi connectivity index (χ0) is 13.7. The lowest BCUT2D eigenvalue weighted by molar-refractivity contribution is 0.0946. The summed E-state index contributed by atoms with van der Waals surface area (Å²) >= 11 is 5.68. The largest absolute Gasteiger partial charge is 0.382 e. The van der Waals surface area contributed by atoms with Crippen LogP contribution in [0.2, 0.25) is 5.15 Å². The summed E-state index contributed by atoms with van der Waals surface area (Å²) in [4.78, 5) is 19.3. The van der Waals surface area contributed by atoms with Crippen LogP contribution >= 0.6 is 24.0 Å². The first-order chi connectivity index (χ1) is 8.45. The van der Waals surface area contributed by atoms with Crippen LogP contribution in [-0.2, 0) is 0 Å². The van der Waals surface area contributed by atoms with Gasteiger partial charge in [0.15, 0.2) is 22.5 Å². The Kier molecular flexibility index (Phi) is 7.43. The van der Waals surface area contributed by atoms with Gasteiger partial charge in [-0.25, -0.2) is 9.97 Å². The highest BCUT2D eigenvalue weighted by Crippen LogP contribution is 2.17. The Morgan fingerprint density at radius 1 is 1.37 bits per heavy atom. The predicted octanol–water partition coefficient (Wildman–Crippen LogP) is 0.573. The van der Waals surface area contributed by atoms with E-state index in [2.05, 4.69) is 15.3 Å². The van der Waals surface area contributed by atoms with Gasteiger partial charge in [-0.2, -0.15) is 0 Å². The van der Waals surface area contributed by atoms with Crippen molar-refractivity contribution in [2.24, 2.45) is 5.73 Å². The molecule has 0 aliphatic heterocycles. The van der Waals surface area contributed by atoms with Gasteiger partial charge >= 0.3 is 0 Å². The smallest absolute Gasteiger partial charge is 0.273 e. The number of carbonyl (C=O) groups is 1. The van der Waals surface area contributed by atoms with Crippen molar-refractivity contribution >= 4 is 41.6 Å². The van der Waals surface area contributed by atoms with Crippen LogP contribution in [0, 0.1) is 0 Å². The van der Waals surface area contributed by atoms with E-state index in [-0.39, 0.29) is 40.9 Å². The average Bonchev–Trinajstić information content (AvgIpc) is 2.31. The SMILES string of the molecule is CCC[C@H](N)CNC(=O)c1nc(Cl)c(N)nc1N.Cl. The summed E-state index contributed by atoms with van der Waals surface area (Å²) in [5.41, 5.74) is 16.7. The number of hydrogen-bond acceptors (Lipinski definition) is 6. The van der Waals surface area contributed by atoms with E-state index in [1.54, 1.807) is 0 Å². The van der Waals surface area contributed by atoms with E-state index in [1.807, 2.05) is 6.92 Å². The lowest BCUT2D eigenvalue weighted by atomic mass is 10.2. The highest BCUT2D eigenvalue weighted by atomic mass is 35.5. The summed E-state index contributed by atoms with van der Waals surface area (Å²) in [7, 11) is 0. The van der Waals surface area contributed by atoms with Crippen molar-refractivity contribution in [3.8, 4) is 0 Å². The molecule has 0 aromatic carbocycles. The molecule has 108 valence electrons. The summed E-state index contributed by atoms with van der Waals surface area (Å²) in [6, 6.07) is -0.0996. The van der Waals surface area contributed by atoms with E-state index < -0.39 is 5.91 Å². The van der Waals surface area contributed by atoms with Crippen molar-refractivity contribution in [3.63, 3.8) is 0 Å². The molecule has 7 nitrogen and oxygen atoms in total. The molecule has 19 heavy (non-hydrogen) atoms. The molecule has 1 rings (SSSR count). The fourth-order valence-electron chi connectivity index (χ4n) is 1.39. The van der Waals surface area contributed by atoms with Crippen LogP contribution in [0.5, 0.6) is 0 Å². The van der Waals surface area contributed by atoms with Crippen molar-refractivity contribution in [3.05, 3.63) is 10.8 Å². The molecule has 7 N–H and O–H groups in total. The maximum absolute atomic E-state index is 11.8. The molecule has 9 heteroatoms. The number of hydrogen-bond donors (Lipinski definition) is 4. The van der Waals surface area contributed by atoms with Gasteiger partial charge in [0.05, 0.1) is 0 Å². The van der Waals surface area contributed by atoms with E-state index in [9.17, 15) is 4.79 Å². The van der Waals surface area contributed by atoms with Gasteiger partial charge in [-0.15, -0.1) is 12.4 Å². The summed E-state index contributed by atoms with van der Waals surface area (Å²) in [6.45, 7) is 2.36. The number of nitrogen functional groups attached to an aromatic ring is 2. The Balaban J connectivity index is 0.00000324. The maximum Gasteiger partial charge on any atom is 0.273 e. The average molecular weight is 309 g/mol. The molecule has 1 heterocycles. The first-order valence-electron chi connectivity index (χ1n) is 5.58. The number of halogens is 2. The van der Waals surface area contributed by atoms with Gasteiger partial charge in [-0.1, -0.05) is 24.9 Å². The van der Waals surface area contributed by atoms with Gasteiger partial charge in [-0.05, 0) is 6.42 Å². The summed E-state index contributed by atoms with van der Waals surface area (Å²) < 4.78 is 0. The number of nitrogens with zero attached hydrogens (tertiary/aromatic N) is 2. The fraction of sp³-hybridized carbons (Fsp3) is 0.500. The highest BCUT2D eigenvalue weighted by molar-refractivity contribution is 6.31. The molecule has 0 aliphatic rings. The molecule has 0 bridgehead atoms. The van der Waals surface area contributed by atoms with Crippen molar-refractivity contribution in [1.82, 2.24) is 15.3 Å². The maximum atomic E-state index is 11.8. The van der Waals surface area contributed by atoms with Crippen molar-refractivity contribution in [1.29, 1.82) is 0 Å². The molecule has 1 aromatic rings. The molecule has 0 saturated heterocycles. The lowest BCUT2D eigenvalue weighted by Crippen LogP contribution is -2.37. The molecule has 0 radical (unpaired) electrons. The monoisotopic (exact) mass is 308 g/mol. The Morgan fingerprint density at radius 2 is 2.00 bits per heavy atom. The van der Waals surface area contributed by atoms with Gasteiger partial charge < -0.3 is 22.5 Å². The molecule has 0 unspecified atom stereocenters. The number of nitrogens with two attached hydrogens (primary N) is 3. The first kappa shape index (κ1) is 17.7. The van der Waals surface area contributed by atoms with Crippen molar-refractivity contribution in [2.45, 2.75) is 25.8 Å². The van der Waals surface area contributed by atoms with E-state index in [1.165, 1.54) is 0 Å². The van der Waals surface area contributed by atoms with Gasteiger partial charge in [0.2, 0.25) is 0 Å². The molecule has 0 aliphatic carbocycles. The van der Waals surface area contributed by atoms with Crippen LogP contribution in [-0.4, -0.2) is 28.5 Å². The van der Waals surface area contributed by atoms with Gasteiger partial charge in [-0.3, -0.25) is 4.79 Å². The highest BCUT2D eigenvalue weighted by Gasteiger charge is 2.16. The second-order valence-corrected chi connectivity index (χ2v) is 4.25. The van der Waals surface area contributed by atoms with Gasteiger partial charge in [0.25, 0.3) is 5.91 Å². The normalized spacial score (nSPS) is 11.5. The zero-order valence-electron chi connectivity index (χ0n) is 10.5. The molecule has 0 spiro atoms. The number of amides is 1. The van der Waals surface area contributed by atoms with E-state index in [0.29, 0.717) is 6.54 Å². The lowest BCUT2D eigenvalue weighted by Gasteiger charge is -2.12. The van der Waals surface area contributed by atoms with Crippen LogP contribution in [0.3, 0.4) is 0 Å². The number of nitrogens with one attached hydrogen (secondary N) is 1. The number of rotatable bonds is 5. The van der Waals surface area contributed by atoms with Crippen LogP contribution in [0.4, 0.5) is 11.6 Å². The predicted molar refractivity (Wildman–Crippen MR) is 78.3 cm³/mol. The second-order valence-electron chi connectivity index (χ2n) is 3.89. The molecule has 1 amide bonds. The topological polar surface area (TPSA) is 133 Å². The zero-order valence-corrected chi connectivity index (χ0v) is 12.1. The molecule has 0 fully saturated rings. The molecule has 1 aromatic heterocycles. The minimum Gasteiger partial charge on any atom is -0.382 e. The van der Waals surface area contributed by atoms with Gasteiger partial charge in [0.1, 0.15) is 0 Å². The molecular weight excluding hydrogens is 291 g/mol. The summed E-state index contributed by atoms with van der Waals surface area (Å²) in [6.07, 6.45) is 1.77. The first-order valence-corrected chi connectivity index (χ1v) is 5.95. The van der Waals surface area contributed by atoms with E-state index in [0.717, 1.165) is 12.8 Å². The van der Waals surface area contributed by atoms with Crippen LogP contribution < -0.4 is 22.5 Å². The van der Waals surface area contributed by atoms with Crippen molar-refractivity contribution < 1.29 is 4.79 Å². The fourth-order valence-corrected chi connectivity index (χ4v) is 1.52. The third-order valence-corrected chi connectivity index (χ3v) is 2.58. The van der Waals surface area contributed by atoms with Crippen LogP contribution in [0.1, 0.15) is 30.3 Å². The number of carbonyl (C=O) groups excluding carboxylic acids is 1. The Labute approximate surface area is 122 Å². The third-order valence-electron chi connectivity index (χ3n) is 2.30. The third kappa shape index (κ3) is 5.06. The molecule has 0 saturated carbocycles. The quantitative estimate of drug-likeness (QED) is 0.628. The van der Waals surface area contributed by atoms with Gasteiger partial charge in [0, 0.05) is 12.6 Å². The number of aromatic nitrogens is 2. The Bertz CT molecular complexity index is 442. The standard InChI is InChI=1S/C10H17ClN6O.ClH/c1-2-3-5(12)4-15-10(18)6-8(13)17-9(14)7(11)16-6;/h5H,2-4,12H2,1H3,(H,15,18)(H4,13,14,17);1H/t5-;/m0./s1. The van der Waals surface area contributed by atoms with Crippen molar-refractivity contribution in [2.75, 3.05) is 18.0 Å². The van der Waals surface area contributed by atoms with E-state index >= 15 is 0 Å². The summed E-state index contributed by atoms with van der Waals surface area (Å²) in [5.74, 6) is -0.527. The number of anilines is 2.